The monoisotopic (exact) mass is 250 g/mol. The van der Waals surface area contributed by atoms with E-state index in [4.69, 9.17) is 20.6 Å². The van der Waals surface area contributed by atoms with Crippen LogP contribution in [0.4, 0.5) is 0 Å². The summed E-state index contributed by atoms with van der Waals surface area (Å²) in [7, 11) is 1.58. The molecule has 0 amide bonds. The lowest BCUT2D eigenvalue weighted by molar-refractivity contribution is 0.240. The molecule has 0 aliphatic heterocycles. The Hall–Kier alpha value is -1.71. The summed E-state index contributed by atoms with van der Waals surface area (Å²) in [5.41, 5.74) is 6.08. The summed E-state index contributed by atoms with van der Waals surface area (Å²) in [5.74, 6) is 1.86. The number of benzene rings is 1. The van der Waals surface area contributed by atoms with E-state index in [0.29, 0.717) is 29.6 Å². The number of methoxy groups -OCH3 is 1. The molecule has 3 N–H and O–H groups in total. The minimum Gasteiger partial charge on any atom is -0.493 e. The molecule has 0 bridgehead atoms. The van der Waals surface area contributed by atoms with E-state index in [1.807, 2.05) is 0 Å². The van der Waals surface area contributed by atoms with Gasteiger partial charge in [0.25, 0.3) is 0 Å². The van der Waals surface area contributed by atoms with Crippen LogP contribution in [0.25, 0.3) is 0 Å². The third kappa shape index (κ3) is 3.95. The first-order valence-corrected chi connectivity index (χ1v) is 6.23. The number of nitrogens with two attached hydrogens (primary N) is 1. The van der Waals surface area contributed by atoms with E-state index in [2.05, 4.69) is 13.8 Å². The Labute approximate surface area is 109 Å². The van der Waals surface area contributed by atoms with Gasteiger partial charge < -0.3 is 15.2 Å². The van der Waals surface area contributed by atoms with Crippen LogP contribution < -0.4 is 15.2 Å². The molecule has 4 heteroatoms. The van der Waals surface area contributed by atoms with Crippen LogP contribution in [0.15, 0.2) is 18.2 Å². The van der Waals surface area contributed by atoms with Crippen molar-refractivity contribution in [3.63, 3.8) is 0 Å². The summed E-state index contributed by atoms with van der Waals surface area (Å²) < 4.78 is 11.0. The summed E-state index contributed by atoms with van der Waals surface area (Å²) in [4.78, 5) is 0. The maximum atomic E-state index is 7.38. The summed E-state index contributed by atoms with van der Waals surface area (Å²) in [6, 6.07) is 5.29. The van der Waals surface area contributed by atoms with Gasteiger partial charge in [0.1, 0.15) is 5.84 Å². The molecule has 0 aromatic heterocycles. The number of nitrogen functional groups attached to an aromatic ring is 1. The fourth-order valence-corrected chi connectivity index (χ4v) is 1.76. The highest BCUT2D eigenvalue weighted by atomic mass is 16.5. The molecule has 100 valence electrons. The van der Waals surface area contributed by atoms with E-state index in [1.54, 1.807) is 25.3 Å². The van der Waals surface area contributed by atoms with Gasteiger partial charge in [-0.2, -0.15) is 0 Å². The highest BCUT2D eigenvalue weighted by Gasteiger charge is 2.09. The van der Waals surface area contributed by atoms with Crippen LogP contribution in [-0.4, -0.2) is 19.6 Å². The van der Waals surface area contributed by atoms with Gasteiger partial charge in [-0.25, -0.2) is 0 Å². The van der Waals surface area contributed by atoms with Crippen LogP contribution in [0, 0.1) is 11.3 Å². The SMILES string of the molecule is CCCC(C)COc1ccc(C(=N)N)cc1OC. The number of nitrogens with one attached hydrogen (secondary N) is 1. The summed E-state index contributed by atoms with van der Waals surface area (Å²) in [6.45, 7) is 5.00. The first kappa shape index (κ1) is 14.4. The zero-order valence-electron chi connectivity index (χ0n) is 11.3. The van der Waals surface area contributed by atoms with E-state index in [9.17, 15) is 0 Å². The van der Waals surface area contributed by atoms with E-state index < -0.39 is 0 Å². The molecule has 0 saturated heterocycles. The second kappa shape index (κ2) is 6.89. The molecule has 0 fully saturated rings. The van der Waals surface area contributed by atoms with Crippen molar-refractivity contribution in [2.75, 3.05) is 13.7 Å². The van der Waals surface area contributed by atoms with Crippen LogP contribution >= 0.6 is 0 Å². The van der Waals surface area contributed by atoms with Gasteiger partial charge in [-0.05, 0) is 30.5 Å². The van der Waals surface area contributed by atoms with Gasteiger partial charge in [-0.1, -0.05) is 20.3 Å². The second-order valence-corrected chi connectivity index (χ2v) is 4.48. The Morgan fingerprint density at radius 1 is 1.39 bits per heavy atom. The predicted molar refractivity (Wildman–Crippen MR) is 73.6 cm³/mol. The zero-order valence-corrected chi connectivity index (χ0v) is 11.3. The highest BCUT2D eigenvalue weighted by molar-refractivity contribution is 5.95. The average molecular weight is 250 g/mol. The zero-order chi connectivity index (χ0) is 13.5. The van der Waals surface area contributed by atoms with Gasteiger partial charge in [0.2, 0.25) is 0 Å². The minimum absolute atomic E-state index is 0.0270. The van der Waals surface area contributed by atoms with Gasteiger partial charge in [0.05, 0.1) is 13.7 Å². The van der Waals surface area contributed by atoms with Crippen molar-refractivity contribution >= 4 is 5.84 Å². The van der Waals surface area contributed by atoms with Crippen molar-refractivity contribution in [1.82, 2.24) is 0 Å². The molecule has 1 unspecified atom stereocenters. The molecule has 0 saturated carbocycles. The van der Waals surface area contributed by atoms with Crippen LogP contribution in [0.3, 0.4) is 0 Å². The van der Waals surface area contributed by atoms with Crippen LogP contribution in [0.2, 0.25) is 0 Å². The van der Waals surface area contributed by atoms with E-state index >= 15 is 0 Å². The quantitative estimate of drug-likeness (QED) is 0.577. The Bertz CT molecular complexity index is 405. The number of amidine groups is 1. The number of ether oxygens (including phenoxy) is 2. The third-order valence-electron chi connectivity index (χ3n) is 2.78. The summed E-state index contributed by atoms with van der Waals surface area (Å²) in [5, 5.41) is 7.38. The first-order chi connectivity index (χ1) is 8.58. The van der Waals surface area contributed by atoms with Crippen molar-refractivity contribution in [2.45, 2.75) is 26.7 Å². The molecule has 0 radical (unpaired) electrons. The van der Waals surface area contributed by atoms with Gasteiger partial charge in [-0.15, -0.1) is 0 Å². The van der Waals surface area contributed by atoms with Crippen LogP contribution in [0.5, 0.6) is 11.5 Å². The molecule has 0 spiro atoms. The van der Waals surface area contributed by atoms with E-state index in [1.165, 1.54) is 0 Å². The van der Waals surface area contributed by atoms with Crippen molar-refractivity contribution < 1.29 is 9.47 Å². The topological polar surface area (TPSA) is 68.3 Å². The van der Waals surface area contributed by atoms with E-state index in [-0.39, 0.29) is 5.84 Å². The lowest BCUT2D eigenvalue weighted by Gasteiger charge is -2.15. The van der Waals surface area contributed by atoms with Crippen LogP contribution in [0.1, 0.15) is 32.3 Å². The van der Waals surface area contributed by atoms with Gasteiger partial charge in [-0.3, -0.25) is 5.41 Å². The second-order valence-electron chi connectivity index (χ2n) is 4.48. The fourth-order valence-electron chi connectivity index (χ4n) is 1.76. The normalized spacial score (nSPS) is 11.9. The number of hydrogen-bond donors (Lipinski definition) is 2. The van der Waals surface area contributed by atoms with Gasteiger partial charge >= 0.3 is 0 Å². The van der Waals surface area contributed by atoms with Crippen LogP contribution in [-0.2, 0) is 0 Å². The average Bonchev–Trinajstić information content (AvgIpc) is 2.36. The first-order valence-electron chi connectivity index (χ1n) is 6.23. The molecule has 0 aliphatic carbocycles. The molecule has 1 rings (SSSR count). The lowest BCUT2D eigenvalue weighted by atomic mass is 10.1. The van der Waals surface area contributed by atoms with Gasteiger partial charge in [0, 0.05) is 5.56 Å². The maximum absolute atomic E-state index is 7.38. The number of rotatable bonds is 7. The summed E-state index contributed by atoms with van der Waals surface area (Å²) >= 11 is 0. The van der Waals surface area contributed by atoms with E-state index in [0.717, 1.165) is 12.8 Å². The standard InChI is InChI=1S/C14H22N2O2/c1-4-5-10(2)9-18-12-7-6-11(14(15)16)8-13(12)17-3/h6-8,10H,4-5,9H2,1-3H3,(H3,15,16). The predicted octanol–water partition coefficient (Wildman–Crippen LogP) is 2.79. The fraction of sp³-hybridized carbons (Fsp3) is 0.500. The third-order valence-corrected chi connectivity index (χ3v) is 2.78. The van der Waals surface area contributed by atoms with Crippen molar-refractivity contribution in [1.29, 1.82) is 5.41 Å². The molecule has 0 aliphatic rings. The molecule has 1 atom stereocenters. The molecule has 0 heterocycles. The van der Waals surface area contributed by atoms with Gasteiger partial charge in [0.15, 0.2) is 11.5 Å². The summed E-state index contributed by atoms with van der Waals surface area (Å²) in [6.07, 6.45) is 2.30. The smallest absolute Gasteiger partial charge is 0.161 e. The highest BCUT2D eigenvalue weighted by Crippen LogP contribution is 2.28. The minimum atomic E-state index is 0.0270. The molecule has 18 heavy (non-hydrogen) atoms. The Morgan fingerprint density at radius 2 is 2.11 bits per heavy atom. The number of hydrogen-bond acceptors (Lipinski definition) is 3. The molecule has 1 aromatic carbocycles. The molecular formula is C14H22N2O2. The van der Waals surface area contributed by atoms with Crippen molar-refractivity contribution in [2.24, 2.45) is 11.7 Å². The maximum Gasteiger partial charge on any atom is 0.161 e. The Balaban J connectivity index is 2.73. The molecule has 1 aromatic rings. The van der Waals surface area contributed by atoms with Crippen molar-refractivity contribution in [3.8, 4) is 11.5 Å². The molecule has 4 nitrogen and oxygen atoms in total. The Kier molecular flexibility index (Phi) is 5.49. The van der Waals surface area contributed by atoms with Crippen molar-refractivity contribution in [3.05, 3.63) is 23.8 Å². The molecular weight excluding hydrogens is 228 g/mol. The Morgan fingerprint density at radius 3 is 2.67 bits per heavy atom. The largest absolute Gasteiger partial charge is 0.493 e. The lowest BCUT2D eigenvalue weighted by Crippen LogP contribution is -2.12.